The summed E-state index contributed by atoms with van der Waals surface area (Å²) in [6.07, 6.45) is 7.28. The van der Waals surface area contributed by atoms with Gasteiger partial charge in [-0.05, 0) is 37.6 Å². The number of benzene rings is 1. The summed E-state index contributed by atoms with van der Waals surface area (Å²) in [4.78, 5) is 2.55. The Bertz CT molecular complexity index is 382. The van der Waals surface area contributed by atoms with E-state index in [1.165, 1.54) is 56.4 Å². The van der Waals surface area contributed by atoms with Crippen molar-refractivity contribution in [1.82, 2.24) is 5.32 Å². The van der Waals surface area contributed by atoms with Crippen molar-refractivity contribution in [2.45, 2.75) is 38.6 Å². The maximum atomic E-state index is 3.19. The molecule has 98 valence electrons. The number of nitrogens with zero attached hydrogens (tertiary/aromatic N) is 1. The Hall–Kier alpha value is -1.02. The van der Waals surface area contributed by atoms with Crippen molar-refractivity contribution in [3.8, 4) is 0 Å². The normalized spacial score (nSPS) is 21.9. The van der Waals surface area contributed by atoms with E-state index in [0.717, 1.165) is 6.54 Å². The zero-order valence-electron chi connectivity index (χ0n) is 11.4. The van der Waals surface area contributed by atoms with Gasteiger partial charge in [0.2, 0.25) is 0 Å². The fourth-order valence-electron chi connectivity index (χ4n) is 3.59. The van der Waals surface area contributed by atoms with Crippen molar-refractivity contribution in [1.29, 1.82) is 0 Å². The van der Waals surface area contributed by atoms with Crippen molar-refractivity contribution in [3.05, 3.63) is 29.8 Å². The first-order valence-corrected chi connectivity index (χ1v) is 7.30. The molecule has 1 saturated carbocycles. The highest BCUT2D eigenvalue weighted by Gasteiger charge is 2.43. The lowest BCUT2D eigenvalue weighted by Crippen LogP contribution is -2.57. The van der Waals surface area contributed by atoms with Gasteiger partial charge in [0.15, 0.2) is 0 Å². The average Bonchev–Trinajstić information content (AvgIpc) is 2.38. The molecule has 2 aliphatic rings. The van der Waals surface area contributed by atoms with Gasteiger partial charge in [-0.15, -0.1) is 0 Å². The zero-order chi connectivity index (χ0) is 12.4. The molecule has 2 fully saturated rings. The molecule has 3 rings (SSSR count). The first-order valence-electron chi connectivity index (χ1n) is 7.30. The summed E-state index contributed by atoms with van der Waals surface area (Å²) in [5, 5.41) is 3.19. The maximum absolute atomic E-state index is 3.19. The quantitative estimate of drug-likeness (QED) is 0.878. The van der Waals surface area contributed by atoms with Crippen LogP contribution in [0.3, 0.4) is 0 Å². The van der Waals surface area contributed by atoms with Crippen LogP contribution in [0.1, 0.15) is 37.7 Å². The van der Waals surface area contributed by atoms with E-state index < -0.39 is 0 Å². The van der Waals surface area contributed by atoms with E-state index in [4.69, 9.17) is 0 Å². The summed E-state index contributed by atoms with van der Waals surface area (Å²) in [5.41, 5.74) is 3.46. The SMILES string of the molecule is CNCc1ccc(N2CC3(CCCCC3)C2)cc1. The molecular formula is C16H24N2. The summed E-state index contributed by atoms with van der Waals surface area (Å²) in [5.74, 6) is 0. The monoisotopic (exact) mass is 244 g/mol. The van der Waals surface area contributed by atoms with Gasteiger partial charge in [-0.25, -0.2) is 0 Å². The van der Waals surface area contributed by atoms with Crippen LogP contribution in [-0.2, 0) is 6.54 Å². The number of hydrogen-bond acceptors (Lipinski definition) is 2. The van der Waals surface area contributed by atoms with E-state index in [1.807, 2.05) is 7.05 Å². The minimum atomic E-state index is 0.682. The first kappa shape index (κ1) is 12.0. The van der Waals surface area contributed by atoms with Crippen LogP contribution in [0, 0.1) is 5.41 Å². The molecule has 1 saturated heterocycles. The largest absolute Gasteiger partial charge is 0.370 e. The second-order valence-corrected chi connectivity index (χ2v) is 6.11. The highest BCUT2D eigenvalue weighted by molar-refractivity contribution is 5.51. The van der Waals surface area contributed by atoms with E-state index in [0.29, 0.717) is 5.41 Å². The van der Waals surface area contributed by atoms with Gasteiger partial charge in [0.05, 0.1) is 0 Å². The van der Waals surface area contributed by atoms with Gasteiger partial charge in [0, 0.05) is 30.7 Å². The summed E-state index contributed by atoms with van der Waals surface area (Å²) >= 11 is 0. The van der Waals surface area contributed by atoms with Crippen LogP contribution in [0.4, 0.5) is 5.69 Å². The second-order valence-electron chi connectivity index (χ2n) is 6.11. The summed E-state index contributed by atoms with van der Waals surface area (Å²) in [6.45, 7) is 3.54. The number of anilines is 1. The van der Waals surface area contributed by atoms with Gasteiger partial charge in [-0.2, -0.15) is 0 Å². The van der Waals surface area contributed by atoms with Crippen LogP contribution in [0.15, 0.2) is 24.3 Å². The third-order valence-corrected chi connectivity index (χ3v) is 4.65. The molecule has 1 N–H and O–H groups in total. The molecule has 0 unspecified atom stereocenters. The molecule has 2 heteroatoms. The van der Waals surface area contributed by atoms with Gasteiger partial charge >= 0.3 is 0 Å². The van der Waals surface area contributed by atoms with Crippen molar-refractivity contribution < 1.29 is 0 Å². The van der Waals surface area contributed by atoms with Crippen molar-refractivity contribution in [2.24, 2.45) is 5.41 Å². The summed E-state index contributed by atoms with van der Waals surface area (Å²) < 4.78 is 0. The number of rotatable bonds is 3. The fourth-order valence-corrected chi connectivity index (χ4v) is 3.59. The Morgan fingerprint density at radius 3 is 2.33 bits per heavy atom. The highest BCUT2D eigenvalue weighted by Crippen LogP contribution is 2.45. The predicted octanol–water partition coefficient (Wildman–Crippen LogP) is 3.18. The van der Waals surface area contributed by atoms with Gasteiger partial charge in [-0.1, -0.05) is 31.4 Å². The van der Waals surface area contributed by atoms with Crippen LogP contribution in [0.2, 0.25) is 0 Å². The molecule has 0 aromatic heterocycles. The molecule has 1 spiro atoms. The van der Waals surface area contributed by atoms with Crippen LogP contribution in [-0.4, -0.2) is 20.1 Å². The molecule has 0 atom stereocenters. The number of nitrogens with one attached hydrogen (secondary N) is 1. The Kier molecular flexibility index (Phi) is 3.29. The molecule has 1 aromatic carbocycles. The topological polar surface area (TPSA) is 15.3 Å². The Morgan fingerprint density at radius 2 is 1.72 bits per heavy atom. The van der Waals surface area contributed by atoms with Crippen LogP contribution in [0.25, 0.3) is 0 Å². The van der Waals surface area contributed by atoms with Gasteiger partial charge in [0.1, 0.15) is 0 Å². The van der Waals surface area contributed by atoms with E-state index in [9.17, 15) is 0 Å². The molecule has 0 radical (unpaired) electrons. The van der Waals surface area contributed by atoms with E-state index >= 15 is 0 Å². The molecule has 0 amide bonds. The fraction of sp³-hybridized carbons (Fsp3) is 0.625. The minimum absolute atomic E-state index is 0.682. The molecule has 0 bridgehead atoms. The van der Waals surface area contributed by atoms with Crippen molar-refractivity contribution in [2.75, 3.05) is 25.0 Å². The van der Waals surface area contributed by atoms with Gasteiger partial charge in [-0.3, -0.25) is 0 Å². The second kappa shape index (κ2) is 4.93. The van der Waals surface area contributed by atoms with E-state index in [2.05, 4.69) is 34.5 Å². The van der Waals surface area contributed by atoms with Gasteiger partial charge < -0.3 is 10.2 Å². The average molecular weight is 244 g/mol. The molecule has 18 heavy (non-hydrogen) atoms. The molecule has 2 nitrogen and oxygen atoms in total. The maximum Gasteiger partial charge on any atom is 0.0366 e. The first-order chi connectivity index (χ1) is 8.81. The Balaban J connectivity index is 1.60. The molecule has 1 aliphatic heterocycles. The van der Waals surface area contributed by atoms with Crippen molar-refractivity contribution >= 4 is 5.69 Å². The highest BCUT2D eigenvalue weighted by atomic mass is 15.2. The predicted molar refractivity (Wildman–Crippen MR) is 76.9 cm³/mol. The van der Waals surface area contributed by atoms with Crippen LogP contribution >= 0.6 is 0 Å². The summed E-state index contributed by atoms with van der Waals surface area (Å²) in [7, 11) is 2.00. The third kappa shape index (κ3) is 2.26. The Labute approximate surface area is 110 Å². The third-order valence-electron chi connectivity index (χ3n) is 4.65. The zero-order valence-corrected chi connectivity index (χ0v) is 11.4. The lowest BCUT2D eigenvalue weighted by Gasteiger charge is -2.53. The van der Waals surface area contributed by atoms with Gasteiger partial charge in [0.25, 0.3) is 0 Å². The van der Waals surface area contributed by atoms with Crippen LogP contribution < -0.4 is 10.2 Å². The standard InChI is InChI=1S/C16H24N2/c1-17-11-14-5-7-15(8-6-14)18-12-16(13-18)9-3-2-4-10-16/h5-8,17H,2-4,9-13H2,1H3. The molecule has 1 heterocycles. The minimum Gasteiger partial charge on any atom is -0.370 e. The van der Waals surface area contributed by atoms with E-state index in [-0.39, 0.29) is 0 Å². The smallest absolute Gasteiger partial charge is 0.0366 e. The lowest BCUT2D eigenvalue weighted by atomic mass is 9.68. The number of hydrogen-bond donors (Lipinski definition) is 1. The van der Waals surface area contributed by atoms with Crippen molar-refractivity contribution in [3.63, 3.8) is 0 Å². The molecular weight excluding hydrogens is 220 g/mol. The molecule has 1 aromatic rings. The lowest BCUT2D eigenvalue weighted by molar-refractivity contribution is 0.139. The molecule has 1 aliphatic carbocycles. The van der Waals surface area contributed by atoms with E-state index in [1.54, 1.807) is 0 Å². The Morgan fingerprint density at radius 1 is 1.06 bits per heavy atom. The van der Waals surface area contributed by atoms with Crippen LogP contribution in [0.5, 0.6) is 0 Å². The summed E-state index contributed by atoms with van der Waals surface area (Å²) in [6, 6.07) is 9.06.